The Labute approximate surface area is 147 Å². The monoisotopic (exact) mass is 340 g/mol. The topological polar surface area (TPSA) is 32.3 Å². The van der Waals surface area contributed by atoms with Gasteiger partial charge in [-0.1, -0.05) is 13.8 Å². The van der Waals surface area contributed by atoms with Crippen molar-refractivity contribution in [2.75, 3.05) is 20.1 Å². The molecule has 0 aromatic carbocycles. The third-order valence-corrected chi connectivity index (χ3v) is 7.20. The van der Waals surface area contributed by atoms with Gasteiger partial charge in [0.25, 0.3) is 0 Å². The van der Waals surface area contributed by atoms with E-state index in [2.05, 4.69) is 24.1 Å². The number of carbonyl (C=O) groups is 1. The van der Waals surface area contributed by atoms with Crippen LogP contribution in [0.5, 0.6) is 0 Å². The van der Waals surface area contributed by atoms with Crippen molar-refractivity contribution >= 4 is 18.3 Å². The van der Waals surface area contributed by atoms with Gasteiger partial charge in [0.1, 0.15) is 0 Å². The number of nitrogens with one attached hydrogen (secondary N) is 1. The number of halogens is 1. The first-order chi connectivity index (χ1) is 10.4. The average Bonchev–Trinajstić information content (AvgIpc) is 2.42. The Kier molecular flexibility index (Phi) is 4.29. The number of hydrogen-bond acceptors (Lipinski definition) is 2. The van der Waals surface area contributed by atoms with E-state index in [1.54, 1.807) is 0 Å². The summed E-state index contributed by atoms with van der Waals surface area (Å²) in [5.74, 6) is 1.31. The lowest BCUT2D eigenvalue weighted by molar-refractivity contribution is -0.180. The van der Waals surface area contributed by atoms with Crippen molar-refractivity contribution < 1.29 is 4.79 Å². The van der Waals surface area contributed by atoms with E-state index >= 15 is 0 Å². The molecule has 4 bridgehead atoms. The molecule has 3 unspecified atom stereocenters. The van der Waals surface area contributed by atoms with Gasteiger partial charge in [-0.15, -0.1) is 12.4 Å². The van der Waals surface area contributed by atoms with Gasteiger partial charge in [0, 0.05) is 19.1 Å². The lowest BCUT2D eigenvalue weighted by Crippen LogP contribution is -2.61. The molecule has 1 aliphatic heterocycles. The zero-order valence-electron chi connectivity index (χ0n) is 15.0. The Bertz CT molecular complexity index is 476. The van der Waals surface area contributed by atoms with Gasteiger partial charge in [0.15, 0.2) is 0 Å². The predicted molar refractivity (Wildman–Crippen MR) is 95.7 cm³/mol. The highest BCUT2D eigenvalue weighted by molar-refractivity contribution is 5.85. The van der Waals surface area contributed by atoms with Crippen LogP contribution in [0.4, 0.5) is 0 Å². The quantitative estimate of drug-likeness (QED) is 0.832. The van der Waals surface area contributed by atoms with Crippen molar-refractivity contribution in [2.45, 2.75) is 71.3 Å². The van der Waals surface area contributed by atoms with Gasteiger partial charge >= 0.3 is 0 Å². The Morgan fingerprint density at radius 1 is 1.09 bits per heavy atom. The number of piperidine rings is 1. The summed E-state index contributed by atoms with van der Waals surface area (Å²) in [5, 5.41) is 3.38. The minimum atomic E-state index is -0.0153. The van der Waals surface area contributed by atoms with Crippen LogP contribution >= 0.6 is 12.4 Å². The maximum Gasteiger partial charge on any atom is 0.228 e. The summed E-state index contributed by atoms with van der Waals surface area (Å²) in [5.41, 5.74) is 0.850. The molecule has 4 heteroatoms. The molecule has 23 heavy (non-hydrogen) atoms. The van der Waals surface area contributed by atoms with Crippen LogP contribution in [0.1, 0.15) is 65.2 Å². The van der Waals surface area contributed by atoms with E-state index in [0.29, 0.717) is 22.8 Å². The maximum absolute atomic E-state index is 13.5. The minimum absolute atomic E-state index is 0. The second-order valence-corrected chi connectivity index (χ2v) is 9.79. The number of likely N-dealkylation sites (tertiary alicyclic amines) is 1. The van der Waals surface area contributed by atoms with E-state index in [1.165, 1.54) is 32.1 Å². The van der Waals surface area contributed by atoms with Crippen molar-refractivity contribution in [2.24, 2.45) is 22.2 Å². The lowest BCUT2D eigenvalue weighted by atomic mass is 9.40. The third kappa shape index (κ3) is 2.82. The summed E-state index contributed by atoms with van der Waals surface area (Å²) in [7, 11) is 2.03. The van der Waals surface area contributed by atoms with Gasteiger partial charge in [-0.25, -0.2) is 0 Å². The number of rotatable bonds is 2. The molecule has 0 aromatic heterocycles. The first-order valence-electron chi connectivity index (χ1n) is 9.32. The number of likely N-dealkylation sites (N-methyl/N-ethyl adjacent to an activating group) is 1. The minimum Gasteiger partial charge on any atom is -0.341 e. The van der Waals surface area contributed by atoms with Crippen molar-refractivity contribution in [1.29, 1.82) is 0 Å². The average molecular weight is 341 g/mol. The fourth-order valence-electron chi connectivity index (χ4n) is 7.42. The molecule has 4 saturated carbocycles. The van der Waals surface area contributed by atoms with Crippen molar-refractivity contribution in [3.05, 3.63) is 0 Å². The number of amides is 1. The van der Waals surface area contributed by atoms with Crippen molar-refractivity contribution in [1.82, 2.24) is 10.2 Å². The first-order valence-corrected chi connectivity index (χ1v) is 9.32. The highest BCUT2D eigenvalue weighted by atomic mass is 35.5. The SMILES string of the molecule is CNC1CCCN(C(=O)C23CC4CC(C)(CC(C)(C4)C2)C3)C1.Cl. The summed E-state index contributed by atoms with van der Waals surface area (Å²) < 4.78 is 0. The molecule has 0 spiro atoms. The molecule has 1 N–H and O–H groups in total. The fourth-order valence-corrected chi connectivity index (χ4v) is 7.42. The van der Waals surface area contributed by atoms with Gasteiger partial charge in [-0.2, -0.15) is 0 Å². The summed E-state index contributed by atoms with van der Waals surface area (Å²) in [6.45, 7) is 6.83. The molecule has 3 atom stereocenters. The molecule has 3 nitrogen and oxygen atoms in total. The Hall–Kier alpha value is -0.280. The van der Waals surface area contributed by atoms with Gasteiger partial charge < -0.3 is 10.2 Å². The van der Waals surface area contributed by atoms with Crippen LogP contribution in [0, 0.1) is 22.2 Å². The van der Waals surface area contributed by atoms with E-state index in [0.717, 1.165) is 38.3 Å². The highest BCUT2D eigenvalue weighted by Crippen LogP contribution is 2.69. The molecule has 5 fully saturated rings. The first kappa shape index (κ1) is 17.5. The molecular weight excluding hydrogens is 308 g/mol. The molecule has 5 aliphatic rings. The maximum atomic E-state index is 13.5. The van der Waals surface area contributed by atoms with E-state index < -0.39 is 0 Å². The van der Waals surface area contributed by atoms with E-state index in [4.69, 9.17) is 0 Å². The summed E-state index contributed by atoms with van der Waals surface area (Å²) in [4.78, 5) is 15.7. The van der Waals surface area contributed by atoms with Crippen LogP contribution in [-0.4, -0.2) is 37.0 Å². The van der Waals surface area contributed by atoms with Crippen LogP contribution in [0.25, 0.3) is 0 Å². The molecule has 1 heterocycles. The fraction of sp³-hybridized carbons (Fsp3) is 0.947. The Balaban J connectivity index is 0.00000156. The number of nitrogens with zero attached hydrogens (tertiary/aromatic N) is 1. The molecule has 5 rings (SSSR count). The van der Waals surface area contributed by atoms with Crippen LogP contribution in [0.15, 0.2) is 0 Å². The predicted octanol–water partition coefficient (Wildman–Crippen LogP) is 3.62. The Morgan fingerprint density at radius 2 is 1.74 bits per heavy atom. The van der Waals surface area contributed by atoms with Gasteiger partial charge in [-0.05, 0) is 75.2 Å². The summed E-state index contributed by atoms with van der Waals surface area (Å²) in [6, 6.07) is 0.498. The molecule has 4 aliphatic carbocycles. The van der Waals surface area contributed by atoms with Crippen molar-refractivity contribution in [3.63, 3.8) is 0 Å². The highest BCUT2D eigenvalue weighted by Gasteiger charge is 2.63. The standard InChI is InChI=1S/C19H32N2O.ClH/c1-17-7-14-8-18(2,11-17)13-19(9-14,12-17)16(22)21-6-4-5-15(10-21)20-3;/h14-15,20H,4-13H2,1-3H3;1H. The zero-order valence-corrected chi connectivity index (χ0v) is 15.8. The normalized spacial score (nSPS) is 48.2. The molecule has 1 amide bonds. The van der Waals surface area contributed by atoms with Gasteiger partial charge in [0.2, 0.25) is 5.91 Å². The van der Waals surface area contributed by atoms with E-state index in [1.807, 2.05) is 7.05 Å². The van der Waals surface area contributed by atoms with Crippen LogP contribution < -0.4 is 5.32 Å². The van der Waals surface area contributed by atoms with Crippen LogP contribution in [0.3, 0.4) is 0 Å². The number of carbonyl (C=O) groups excluding carboxylic acids is 1. The van der Waals surface area contributed by atoms with Crippen molar-refractivity contribution in [3.8, 4) is 0 Å². The van der Waals surface area contributed by atoms with Crippen LogP contribution in [-0.2, 0) is 4.79 Å². The Morgan fingerprint density at radius 3 is 2.30 bits per heavy atom. The molecular formula is C19H33ClN2O. The lowest BCUT2D eigenvalue weighted by Gasteiger charge is -2.65. The number of hydrogen-bond donors (Lipinski definition) is 1. The third-order valence-electron chi connectivity index (χ3n) is 7.20. The molecule has 132 valence electrons. The van der Waals surface area contributed by atoms with Gasteiger partial charge in [0.05, 0.1) is 5.41 Å². The van der Waals surface area contributed by atoms with E-state index in [9.17, 15) is 4.79 Å². The molecule has 0 aromatic rings. The summed E-state index contributed by atoms with van der Waals surface area (Å²) in [6.07, 6.45) is 9.96. The smallest absolute Gasteiger partial charge is 0.228 e. The summed E-state index contributed by atoms with van der Waals surface area (Å²) >= 11 is 0. The van der Waals surface area contributed by atoms with Gasteiger partial charge in [-0.3, -0.25) is 4.79 Å². The molecule has 0 radical (unpaired) electrons. The second-order valence-electron chi connectivity index (χ2n) is 9.79. The van der Waals surface area contributed by atoms with E-state index in [-0.39, 0.29) is 17.8 Å². The van der Waals surface area contributed by atoms with Crippen LogP contribution in [0.2, 0.25) is 0 Å². The largest absolute Gasteiger partial charge is 0.341 e. The second kappa shape index (κ2) is 5.62. The zero-order chi connectivity index (χ0) is 15.6. The molecule has 1 saturated heterocycles.